The van der Waals surface area contributed by atoms with Crippen LogP contribution in [0.15, 0.2) is 71.9 Å². The van der Waals surface area contributed by atoms with Crippen molar-refractivity contribution in [3.8, 4) is 22.6 Å². The standard InChI is InChI=1S/C28H33N3O6S/c1-19-16-31(20(2)18-32)38(34,35)27-12-11-21(23-9-5-6-10-24(23)36-4)14-25(27)37-26(19)17-30(3)28(33)22-8-7-13-29-15-22/h5-15,19-20,26,32H,16-18H2,1-4H3/t19-,20+,26+/m1/s1. The zero-order valence-corrected chi connectivity index (χ0v) is 22.8. The number of pyridine rings is 1. The summed E-state index contributed by atoms with van der Waals surface area (Å²) in [6.07, 6.45) is 2.58. The number of methoxy groups -OCH3 is 1. The molecule has 0 fully saturated rings. The third-order valence-corrected chi connectivity index (χ3v) is 8.81. The van der Waals surface area contributed by atoms with Crippen molar-refractivity contribution >= 4 is 15.9 Å². The van der Waals surface area contributed by atoms with Crippen LogP contribution in [0.5, 0.6) is 11.5 Å². The molecule has 2 aromatic carbocycles. The molecule has 1 aliphatic rings. The highest BCUT2D eigenvalue weighted by molar-refractivity contribution is 7.89. The number of fused-ring (bicyclic) bond motifs is 1. The van der Waals surface area contributed by atoms with Gasteiger partial charge in [0, 0.05) is 43.5 Å². The van der Waals surface area contributed by atoms with E-state index in [9.17, 15) is 18.3 Å². The van der Waals surface area contributed by atoms with Crippen LogP contribution in [-0.2, 0) is 10.0 Å². The van der Waals surface area contributed by atoms with Crippen LogP contribution in [0.25, 0.3) is 11.1 Å². The molecule has 0 saturated carbocycles. The molecule has 1 amide bonds. The maximum absolute atomic E-state index is 13.8. The number of carbonyl (C=O) groups excluding carboxylic acids is 1. The lowest BCUT2D eigenvalue weighted by atomic mass is 10.0. The van der Waals surface area contributed by atoms with Crippen molar-refractivity contribution in [2.75, 3.05) is 33.9 Å². The number of benzene rings is 2. The molecular formula is C28H33N3O6S. The number of sulfonamides is 1. The molecule has 1 aromatic heterocycles. The highest BCUT2D eigenvalue weighted by atomic mass is 32.2. The fraction of sp³-hybridized carbons (Fsp3) is 0.357. The zero-order chi connectivity index (χ0) is 27.4. The summed E-state index contributed by atoms with van der Waals surface area (Å²) in [6, 6.07) is 15.2. The molecule has 2 heterocycles. The summed E-state index contributed by atoms with van der Waals surface area (Å²) in [5.74, 6) is 0.309. The van der Waals surface area contributed by atoms with Gasteiger partial charge in [-0.2, -0.15) is 4.31 Å². The maximum atomic E-state index is 13.8. The van der Waals surface area contributed by atoms with Crippen LogP contribution in [0.2, 0.25) is 0 Å². The van der Waals surface area contributed by atoms with E-state index in [0.29, 0.717) is 11.3 Å². The van der Waals surface area contributed by atoms with E-state index in [1.165, 1.54) is 16.6 Å². The van der Waals surface area contributed by atoms with E-state index in [1.807, 2.05) is 31.2 Å². The number of likely N-dealkylation sites (N-methyl/N-ethyl adjacent to an activating group) is 1. The number of nitrogens with zero attached hydrogens (tertiary/aromatic N) is 3. The predicted molar refractivity (Wildman–Crippen MR) is 144 cm³/mol. The predicted octanol–water partition coefficient (Wildman–Crippen LogP) is 3.30. The van der Waals surface area contributed by atoms with Gasteiger partial charge in [0.25, 0.3) is 5.91 Å². The van der Waals surface area contributed by atoms with Gasteiger partial charge in [0.15, 0.2) is 0 Å². The topological polar surface area (TPSA) is 109 Å². The lowest BCUT2D eigenvalue weighted by Crippen LogP contribution is -2.50. The lowest BCUT2D eigenvalue weighted by Gasteiger charge is -2.37. The summed E-state index contributed by atoms with van der Waals surface area (Å²) < 4.78 is 40.8. The molecule has 202 valence electrons. The van der Waals surface area contributed by atoms with E-state index in [2.05, 4.69) is 4.98 Å². The number of carbonyl (C=O) groups is 1. The Morgan fingerprint density at radius 1 is 1.24 bits per heavy atom. The van der Waals surface area contributed by atoms with Crippen molar-refractivity contribution < 1.29 is 27.8 Å². The first-order valence-corrected chi connectivity index (χ1v) is 13.8. The number of hydrogen-bond acceptors (Lipinski definition) is 7. The minimum absolute atomic E-state index is 0.00888. The van der Waals surface area contributed by atoms with Gasteiger partial charge in [0.05, 0.1) is 25.8 Å². The summed E-state index contributed by atoms with van der Waals surface area (Å²) in [5, 5.41) is 9.87. The summed E-state index contributed by atoms with van der Waals surface area (Å²) >= 11 is 0. The Balaban J connectivity index is 1.77. The van der Waals surface area contributed by atoms with E-state index in [4.69, 9.17) is 9.47 Å². The second kappa shape index (κ2) is 11.5. The number of hydrogen-bond donors (Lipinski definition) is 1. The quantitative estimate of drug-likeness (QED) is 0.491. The fourth-order valence-corrected chi connectivity index (χ4v) is 6.38. The first-order valence-electron chi connectivity index (χ1n) is 12.4. The Morgan fingerprint density at radius 3 is 2.68 bits per heavy atom. The van der Waals surface area contributed by atoms with Crippen LogP contribution >= 0.6 is 0 Å². The summed E-state index contributed by atoms with van der Waals surface area (Å²) in [7, 11) is -0.725. The highest BCUT2D eigenvalue weighted by Crippen LogP contribution is 2.38. The molecule has 0 saturated heterocycles. The highest BCUT2D eigenvalue weighted by Gasteiger charge is 2.38. The number of aromatic nitrogens is 1. The molecule has 1 aliphatic heterocycles. The number of amides is 1. The first-order chi connectivity index (χ1) is 18.2. The summed E-state index contributed by atoms with van der Waals surface area (Å²) in [5.41, 5.74) is 1.96. The van der Waals surface area contributed by atoms with E-state index in [0.717, 1.165) is 11.1 Å². The molecular weight excluding hydrogens is 506 g/mol. The molecule has 0 bridgehead atoms. The first kappa shape index (κ1) is 27.6. The Morgan fingerprint density at radius 2 is 2.00 bits per heavy atom. The van der Waals surface area contributed by atoms with Gasteiger partial charge in [0.1, 0.15) is 22.5 Å². The largest absolute Gasteiger partial charge is 0.496 e. The van der Waals surface area contributed by atoms with Gasteiger partial charge in [-0.15, -0.1) is 0 Å². The van der Waals surface area contributed by atoms with Crippen LogP contribution in [0.3, 0.4) is 0 Å². The molecule has 0 radical (unpaired) electrons. The molecule has 3 aromatic rings. The summed E-state index contributed by atoms with van der Waals surface area (Å²) in [6.45, 7) is 3.56. The van der Waals surface area contributed by atoms with Crippen LogP contribution in [0.1, 0.15) is 24.2 Å². The van der Waals surface area contributed by atoms with Gasteiger partial charge >= 0.3 is 0 Å². The Labute approximate surface area is 223 Å². The monoisotopic (exact) mass is 539 g/mol. The number of ether oxygens (including phenoxy) is 2. The van der Waals surface area contributed by atoms with Gasteiger partial charge in [-0.25, -0.2) is 8.42 Å². The average Bonchev–Trinajstić information content (AvgIpc) is 2.94. The zero-order valence-electron chi connectivity index (χ0n) is 21.9. The van der Waals surface area contributed by atoms with Gasteiger partial charge in [-0.05, 0) is 42.8 Å². The molecule has 0 spiro atoms. The van der Waals surface area contributed by atoms with E-state index in [-0.39, 0.29) is 42.2 Å². The molecule has 38 heavy (non-hydrogen) atoms. The molecule has 9 nitrogen and oxygen atoms in total. The molecule has 1 N–H and O–H groups in total. The van der Waals surface area contributed by atoms with E-state index < -0.39 is 22.2 Å². The van der Waals surface area contributed by atoms with Crippen molar-refractivity contribution in [3.05, 3.63) is 72.6 Å². The van der Waals surface area contributed by atoms with Crippen molar-refractivity contribution in [2.45, 2.75) is 30.9 Å². The Bertz CT molecular complexity index is 1380. The third-order valence-electron chi connectivity index (χ3n) is 6.79. The van der Waals surface area contributed by atoms with Gasteiger partial charge in [-0.1, -0.05) is 31.2 Å². The fourth-order valence-electron chi connectivity index (χ4n) is 4.56. The maximum Gasteiger partial charge on any atom is 0.255 e. The van der Waals surface area contributed by atoms with E-state index in [1.54, 1.807) is 56.4 Å². The SMILES string of the molecule is COc1ccccc1-c1ccc2c(c1)O[C@@H](CN(C)C(=O)c1cccnc1)[C@H](C)CN([C@@H](C)CO)S2(=O)=O. The van der Waals surface area contributed by atoms with E-state index >= 15 is 0 Å². The molecule has 0 aliphatic carbocycles. The Hall–Kier alpha value is -3.47. The smallest absolute Gasteiger partial charge is 0.255 e. The molecule has 10 heteroatoms. The minimum Gasteiger partial charge on any atom is -0.496 e. The van der Waals surface area contributed by atoms with Gasteiger partial charge in [-0.3, -0.25) is 9.78 Å². The normalized spacial score (nSPS) is 19.8. The van der Waals surface area contributed by atoms with Crippen LogP contribution < -0.4 is 9.47 Å². The average molecular weight is 540 g/mol. The van der Waals surface area contributed by atoms with Crippen molar-refractivity contribution in [1.29, 1.82) is 0 Å². The lowest BCUT2D eigenvalue weighted by molar-refractivity contribution is 0.0563. The number of para-hydroxylation sites is 1. The minimum atomic E-state index is -3.98. The molecule has 4 rings (SSSR count). The van der Waals surface area contributed by atoms with Crippen LogP contribution in [-0.4, -0.2) is 79.6 Å². The number of aliphatic hydroxyl groups excluding tert-OH is 1. The third kappa shape index (κ3) is 5.52. The van der Waals surface area contributed by atoms with Crippen molar-refractivity contribution in [2.24, 2.45) is 5.92 Å². The number of aliphatic hydroxyl groups is 1. The summed E-state index contributed by atoms with van der Waals surface area (Å²) in [4.78, 5) is 18.6. The van der Waals surface area contributed by atoms with Gasteiger partial charge < -0.3 is 19.5 Å². The van der Waals surface area contributed by atoms with Crippen molar-refractivity contribution in [3.63, 3.8) is 0 Å². The van der Waals surface area contributed by atoms with Crippen molar-refractivity contribution in [1.82, 2.24) is 14.2 Å². The molecule has 0 unspecified atom stereocenters. The van der Waals surface area contributed by atoms with Crippen LogP contribution in [0, 0.1) is 5.92 Å². The molecule has 3 atom stereocenters. The number of rotatable bonds is 7. The second-order valence-electron chi connectivity index (χ2n) is 9.53. The second-order valence-corrected chi connectivity index (χ2v) is 11.4. The Kier molecular flexibility index (Phi) is 8.35. The van der Waals surface area contributed by atoms with Crippen LogP contribution in [0.4, 0.5) is 0 Å². The van der Waals surface area contributed by atoms with Gasteiger partial charge in [0.2, 0.25) is 10.0 Å².